The van der Waals surface area contributed by atoms with Crippen LogP contribution in [0.4, 0.5) is 22.7 Å². The summed E-state index contributed by atoms with van der Waals surface area (Å²) in [7, 11) is 0. The maximum Gasteiger partial charge on any atom is 0.292 e. The standard InChI is InChI=1S/C13H12ClN3O2/c1-8-2-4-12(10(14)6-8)16-9-3-5-13(17(18)19)11(15)7-9/h2-7,16H,15H2,1H3. The lowest BCUT2D eigenvalue weighted by molar-refractivity contribution is -0.383. The summed E-state index contributed by atoms with van der Waals surface area (Å²) in [5, 5.41) is 14.3. The number of nitrogens with zero attached hydrogens (tertiary/aromatic N) is 1. The van der Waals surface area contributed by atoms with E-state index in [1.807, 2.05) is 25.1 Å². The number of nitro benzene ring substituents is 1. The Balaban J connectivity index is 2.29. The van der Waals surface area contributed by atoms with Gasteiger partial charge in [-0.05, 0) is 36.8 Å². The topological polar surface area (TPSA) is 81.2 Å². The summed E-state index contributed by atoms with van der Waals surface area (Å²) in [5.74, 6) is 0. The van der Waals surface area contributed by atoms with Crippen molar-refractivity contribution in [2.75, 3.05) is 11.1 Å². The van der Waals surface area contributed by atoms with Crippen LogP contribution < -0.4 is 11.1 Å². The van der Waals surface area contributed by atoms with Gasteiger partial charge in [0.25, 0.3) is 5.69 Å². The number of rotatable bonds is 3. The first kappa shape index (κ1) is 13.2. The van der Waals surface area contributed by atoms with Gasteiger partial charge in [-0.2, -0.15) is 0 Å². The fourth-order valence-corrected chi connectivity index (χ4v) is 1.96. The molecule has 6 heteroatoms. The van der Waals surface area contributed by atoms with Crippen molar-refractivity contribution in [1.29, 1.82) is 0 Å². The summed E-state index contributed by atoms with van der Waals surface area (Å²) in [4.78, 5) is 10.2. The van der Waals surface area contributed by atoms with Gasteiger partial charge in [-0.3, -0.25) is 10.1 Å². The van der Waals surface area contributed by atoms with Crippen molar-refractivity contribution in [2.45, 2.75) is 6.92 Å². The van der Waals surface area contributed by atoms with E-state index in [0.29, 0.717) is 10.7 Å². The van der Waals surface area contributed by atoms with E-state index in [2.05, 4.69) is 5.32 Å². The Kier molecular flexibility index (Phi) is 3.57. The average molecular weight is 278 g/mol. The van der Waals surface area contributed by atoms with Crippen LogP contribution >= 0.6 is 11.6 Å². The van der Waals surface area contributed by atoms with Gasteiger partial charge in [0, 0.05) is 11.8 Å². The molecule has 2 aromatic rings. The zero-order chi connectivity index (χ0) is 14.0. The molecule has 0 aromatic heterocycles. The molecule has 0 radical (unpaired) electrons. The molecule has 0 saturated carbocycles. The van der Waals surface area contributed by atoms with Crippen molar-refractivity contribution in [3.63, 3.8) is 0 Å². The molecule has 98 valence electrons. The number of nitrogen functional groups attached to an aromatic ring is 1. The number of hydrogen-bond acceptors (Lipinski definition) is 4. The van der Waals surface area contributed by atoms with E-state index in [-0.39, 0.29) is 11.4 Å². The van der Waals surface area contributed by atoms with E-state index in [1.54, 1.807) is 6.07 Å². The molecule has 2 rings (SSSR count). The molecule has 0 aliphatic carbocycles. The number of nitrogens with two attached hydrogens (primary N) is 1. The van der Waals surface area contributed by atoms with Gasteiger partial charge in [0.1, 0.15) is 5.69 Å². The predicted octanol–water partition coefficient (Wildman–Crippen LogP) is 3.88. The van der Waals surface area contributed by atoms with Gasteiger partial charge in [0.2, 0.25) is 0 Å². The quantitative estimate of drug-likeness (QED) is 0.507. The van der Waals surface area contributed by atoms with E-state index in [4.69, 9.17) is 17.3 Å². The van der Waals surface area contributed by atoms with Crippen molar-refractivity contribution in [2.24, 2.45) is 0 Å². The van der Waals surface area contributed by atoms with Crippen LogP contribution in [-0.2, 0) is 0 Å². The third kappa shape index (κ3) is 2.95. The van der Waals surface area contributed by atoms with Gasteiger partial charge >= 0.3 is 0 Å². The summed E-state index contributed by atoms with van der Waals surface area (Å²) >= 11 is 6.10. The Hall–Kier alpha value is -2.27. The fraction of sp³-hybridized carbons (Fsp3) is 0.0769. The van der Waals surface area contributed by atoms with Crippen molar-refractivity contribution in [1.82, 2.24) is 0 Å². The van der Waals surface area contributed by atoms with Crippen LogP contribution in [0.2, 0.25) is 5.02 Å². The molecule has 0 heterocycles. The molecular formula is C13H12ClN3O2. The van der Waals surface area contributed by atoms with Crippen LogP contribution in [-0.4, -0.2) is 4.92 Å². The number of nitro groups is 1. The molecule has 0 fully saturated rings. The first-order valence-electron chi connectivity index (χ1n) is 5.54. The fourth-order valence-electron chi connectivity index (χ4n) is 1.68. The Bertz CT molecular complexity index is 644. The molecule has 5 nitrogen and oxygen atoms in total. The third-order valence-electron chi connectivity index (χ3n) is 2.63. The van der Waals surface area contributed by atoms with Crippen molar-refractivity contribution >= 4 is 34.4 Å². The Labute approximate surface area is 115 Å². The molecule has 0 aliphatic rings. The molecular weight excluding hydrogens is 266 g/mol. The molecule has 0 amide bonds. The second-order valence-electron chi connectivity index (χ2n) is 4.14. The first-order valence-corrected chi connectivity index (χ1v) is 5.92. The van der Waals surface area contributed by atoms with Gasteiger partial charge in [-0.25, -0.2) is 0 Å². The number of anilines is 3. The van der Waals surface area contributed by atoms with Crippen LogP contribution in [0, 0.1) is 17.0 Å². The maximum atomic E-state index is 10.7. The van der Waals surface area contributed by atoms with E-state index in [0.717, 1.165) is 11.3 Å². The largest absolute Gasteiger partial charge is 0.393 e. The van der Waals surface area contributed by atoms with Gasteiger partial charge < -0.3 is 11.1 Å². The number of benzene rings is 2. The van der Waals surface area contributed by atoms with Gasteiger partial charge in [0.05, 0.1) is 15.6 Å². The highest BCUT2D eigenvalue weighted by Gasteiger charge is 2.11. The van der Waals surface area contributed by atoms with Crippen LogP contribution in [0.25, 0.3) is 0 Å². The van der Waals surface area contributed by atoms with E-state index < -0.39 is 4.92 Å². The molecule has 0 unspecified atom stereocenters. The maximum absolute atomic E-state index is 10.7. The van der Waals surface area contributed by atoms with Gasteiger partial charge in [0.15, 0.2) is 0 Å². The normalized spacial score (nSPS) is 10.2. The van der Waals surface area contributed by atoms with E-state index >= 15 is 0 Å². The minimum Gasteiger partial charge on any atom is -0.393 e. The summed E-state index contributed by atoms with van der Waals surface area (Å²) < 4.78 is 0. The molecule has 2 aromatic carbocycles. The molecule has 0 saturated heterocycles. The zero-order valence-corrected chi connectivity index (χ0v) is 10.9. The monoisotopic (exact) mass is 277 g/mol. The number of nitrogens with one attached hydrogen (secondary N) is 1. The highest BCUT2D eigenvalue weighted by Crippen LogP contribution is 2.30. The lowest BCUT2D eigenvalue weighted by atomic mass is 10.2. The summed E-state index contributed by atoms with van der Waals surface area (Å²) in [6.45, 7) is 1.94. The number of hydrogen-bond donors (Lipinski definition) is 2. The zero-order valence-electron chi connectivity index (χ0n) is 10.2. The highest BCUT2D eigenvalue weighted by atomic mass is 35.5. The third-order valence-corrected chi connectivity index (χ3v) is 2.94. The minimum atomic E-state index is -0.516. The van der Waals surface area contributed by atoms with Crippen LogP contribution in [0.3, 0.4) is 0 Å². The number of aryl methyl sites for hydroxylation is 1. The minimum absolute atomic E-state index is 0.109. The molecule has 0 aliphatic heterocycles. The Morgan fingerprint density at radius 2 is 2.00 bits per heavy atom. The van der Waals surface area contributed by atoms with Crippen LogP contribution in [0.15, 0.2) is 36.4 Å². The number of halogens is 1. The Morgan fingerprint density at radius 3 is 2.58 bits per heavy atom. The van der Waals surface area contributed by atoms with Crippen molar-refractivity contribution in [3.8, 4) is 0 Å². The summed E-state index contributed by atoms with van der Waals surface area (Å²) in [6, 6.07) is 10.1. The van der Waals surface area contributed by atoms with E-state index in [9.17, 15) is 10.1 Å². The molecule has 0 atom stereocenters. The molecule has 0 bridgehead atoms. The lowest BCUT2D eigenvalue weighted by Crippen LogP contribution is -1.98. The van der Waals surface area contributed by atoms with Crippen LogP contribution in [0.5, 0.6) is 0 Å². The highest BCUT2D eigenvalue weighted by molar-refractivity contribution is 6.33. The van der Waals surface area contributed by atoms with Crippen molar-refractivity contribution < 1.29 is 4.92 Å². The van der Waals surface area contributed by atoms with Crippen LogP contribution in [0.1, 0.15) is 5.56 Å². The summed E-state index contributed by atoms with van der Waals surface area (Å²) in [6.07, 6.45) is 0. The van der Waals surface area contributed by atoms with Gasteiger partial charge in [-0.1, -0.05) is 17.7 Å². The first-order chi connectivity index (χ1) is 8.97. The SMILES string of the molecule is Cc1ccc(Nc2ccc([N+](=O)[O-])c(N)c2)c(Cl)c1. The predicted molar refractivity (Wildman–Crippen MR) is 77.0 cm³/mol. The second kappa shape index (κ2) is 5.16. The van der Waals surface area contributed by atoms with Gasteiger partial charge in [-0.15, -0.1) is 0 Å². The molecule has 0 spiro atoms. The molecule has 3 N–H and O–H groups in total. The van der Waals surface area contributed by atoms with Crippen molar-refractivity contribution in [3.05, 3.63) is 57.1 Å². The second-order valence-corrected chi connectivity index (χ2v) is 4.55. The lowest BCUT2D eigenvalue weighted by Gasteiger charge is -2.09. The van der Waals surface area contributed by atoms with E-state index in [1.165, 1.54) is 12.1 Å². The smallest absolute Gasteiger partial charge is 0.292 e. The molecule has 19 heavy (non-hydrogen) atoms. The Morgan fingerprint density at radius 1 is 1.26 bits per heavy atom. The average Bonchev–Trinajstić information content (AvgIpc) is 2.32. The summed E-state index contributed by atoms with van der Waals surface area (Å²) in [5.41, 5.74) is 8.05.